The second-order valence-electron chi connectivity index (χ2n) is 2.82. The zero-order chi connectivity index (χ0) is 7.56. The molecule has 10 heavy (non-hydrogen) atoms. The van der Waals surface area contributed by atoms with Crippen molar-refractivity contribution in [2.24, 2.45) is 5.92 Å². The summed E-state index contributed by atoms with van der Waals surface area (Å²) in [5.74, 6) is 1.66. The molecule has 0 aliphatic carbocycles. The lowest BCUT2D eigenvalue weighted by molar-refractivity contribution is 0.206. The van der Waals surface area contributed by atoms with Gasteiger partial charge in [0.25, 0.3) is 0 Å². The molecule has 1 aliphatic rings. The molecule has 2 heteroatoms. The molecule has 0 saturated heterocycles. The van der Waals surface area contributed by atoms with Gasteiger partial charge in [-0.1, -0.05) is 20.8 Å². The standard InChI is InChI=1S/C8H15NO/c1-4-7-8(6(2)3)10-5-9-7/h6,9H,4-5H2,1-3H3. The van der Waals surface area contributed by atoms with Gasteiger partial charge in [0, 0.05) is 5.92 Å². The molecule has 0 unspecified atom stereocenters. The van der Waals surface area contributed by atoms with Gasteiger partial charge in [-0.3, -0.25) is 0 Å². The Morgan fingerprint density at radius 3 is 2.70 bits per heavy atom. The molecule has 1 aliphatic heterocycles. The Morgan fingerprint density at radius 1 is 1.60 bits per heavy atom. The number of nitrogens with one attached hydrogen (secondary N) is 1. The highest BCUT2D eigenvalue weighted by Gasteiger charge is 2.15. The van der Waals surface area contributed by atoms with E-state index in [0.29, 0.717) is 12.6 Å². The van der Waals surface area contributed by atoms with Gasteiger partial charge in [-0.25, -0.2) is 0 Å². The average molecular weight is 141 g/mol. The van der Waals surface area contributed by atoms with Crippen LogP contribution in [0.25, 0.3) is 0 Å². The fourth-order valence-electron chi connectivity index (χ4n) is 1.19. The van der Waals surface area contributed by atoms with Crippen molar-refractivity contribution < 1.29 is 4.74 Å². The van der Waals surface area contributed by atoms with Gasteiger partial charge in [0.1, 0.15) is 5.76 Å². The largest absolute Gasteiger partial charge is 0.476 e. The molecule has 1 N–H and O–H groups in total. The van der Waals surface area contributed by atoms with Crippen LogP contribution in [0.3, 0.4) is 0 Å². The first-order chi connectivity index (χ1) is 4.75. The summed E-state index contributed by atoms with van der Waals surface area (Å²) < 4.78 is 5.39. The highest BCUT2D eigenvalue weighted by molar-refractivity contribution is 5.11. The molecule has 1 heterocycles. The monoisotopic (exact) mass is 141 g/mol. The van der Waals surface area contributed by atoms with E-state index < -0.39 is 0 Å². The Morgan fingerprint density at radius 2 is 2.30 bits per heavy atom. The molecule has 0 bridgehead atoms. The smallest absolute Gasteiger partial charge is 0.158 e. The maximum absolute atomic E-state index is 5.39. The van der Waals surface area contributed by atoms with Crippen molar-refractivity contribution in [3.05, 3.63) is 11.5 Å². The Labute approximate surface area is 62.3 Å². The minimum Gasteiger partial charge on any atom is -0.476 e. The maximum Gasteiger partial charge on any atom is 0.158 e. The van der Waals surface area contributed by atoms with Gasteiger partial charge in [-0.2, -0.15) is 0 Å². The molecule has 0 spiro atoms. The van der Waals surface area contributed by atoms with Gasteiger partial charge >= 0.3 is 0 Å². The minimum atomic E-state index is 0.518. The summed E-state index contributed by atoms with van der Waals surface area (Å²) in [5, 5.41) is 3.20. The molecule has 0 amide bonds. The van der Waals surface area contributed by atoms with Crippen molar-refractivity contribution in [1.82, 2.24) is 5.32 Å². The molecule has 0 aromatic rings. The van der Waals surface area contributed by atoms with Gasteiger partial charge in [0.05, 0.1) is 5.70 Å². The van der Waals surface area contributed by atoms with Gasteiger partial charge < -0.3 is 10.1 Å². The number of hydrogen-bond donors (Lipinski definition) is 1. The Kier molecular flexibility index (Phi) is 2.20. The van der Waals surface area contributed by atoms with E-state index in [1.165, 1.54) is 5.70 Å². The van der Waals surface area contributed by atoms with E-state index in [9.17, 15) is 0 Å². The van der Waals surface area contributed by atoms with Crippen molar-refractivity contribution in [2.45, 2.75) is 27.2 Å². The van der Waals surface area contributed by atoms with Crippen molar-refractivity contribution in [1.29, 1.82) is 0 Å². The van der Waals surface area contributed by atoms with Gasteiger partial charge in [-0.15, -0.1) is 0 Å². The second-order valence-corrected chi connectivity index (χ2v) is 2.82. The van der Waals surface area contributed by atoms with E-state index in [2.05, 4.69) is 26.1 Å². The third kappa shape index (κ3) is 1.25. The molecule has 0 aromatic carbocycles. The summed E-state index contributed by atoms with van der Waals surface area (Å²) in [4.78, 5) is 0. The summed E-state index contributed by atoms with van der Waals surface area (Å²) >= 11 is 0. The lowest BCUT2D eigenvalue weighted by Gasteiger charge is -2.06. The molecule has 58 valence electrons. The van der Waals surface area contributed by atoms with E-state index in [1.807, 2.05) is 0 Å². The number of ether oxygens (including phenoxy) is 1. The van der Waals surface area contributed by atoms with E-state index in [-0.39, 0.29) is 0 Å². The fraction of sp³-hybridized carbons (Fsp3) is 0.750. The molecule has 0 aromatic heterocycles. The van der Waals surface area contributed by atoms with Crippen LogP contribution in [0, 0.1) is 5.92 Å². The highest BCUT2D eigenvalue weighted by Crippen LogP contribution is 2.20. The van der Waals surface area contributed by atoms with Crippen LogP contribution in [0.2, 0.25) is 0 Å². The van der Waals surface area contributed by atoms with E-state index >= 15 is 0 Å². The summed E-state index contributed by atoms with van der Waals surface area (Å²) in [6.45, 7) is 7.10. The van der Waals surface area contributed by atoms with Crippen LogP contribution in [0.1, 0.15) is 27.2 Å². The summed E-state index contributed by atoms with van der Waals surface area (Å²) in [7, 11) is 0. The number of hydrogen-bond acceptors (Lipinski definition) is 2. The third-order valence-electron chi connectivity index (χ3n) is 1.69. The van der Waals surface area contributed by atoms with Gasteiger partial charge in [0.2, 0.25) is 0 Å². The number of rotatable bonds is 2. The Bertz CT molecular complexity index is 149. The molecule has 0 radical (unpaired) electrons. The third-order valence-corrected chi connectivity index (χ3v) is 1.69. The quantitative estimate of drug-likeness (QED) is 0.633. The normalized spacial score (nSPS) is 17.6. The highest BCUT2D eigenvalue weighted by atomic mass is 16.5. The fourth-order valence-corrected chi connectivity index (χ4v) is 1.19. The predicted molar refractivity (Wildman–Crippen MR) is 41.2 cm³/mol. The van der Waals surface area contributed by atoms with Crippen LogP contribution in [0.4, 0.5) is 0 Å². The lowest BCUT2D eigenvalue weighted by Crippen LogP contribution is -2.06. The maximum atomic E-state index is 5.39. The molecule has 1 rings (SSSR count). The second kappa shape index (κ2) is 2.95. The minimum absolute atomic E-state index is 0.518. The van der Waals surface area contributed by atoms with Crippen LogP contribution < -0.4 is 5.32 Å². The van der Waals surface area contributed by atoms with Crippen molar-refractivity contribution in [3.8, 4) is 0 Å². The van der Waals surface area contributed by atoms with Crippen LogP contribution in [-0.2, 0) is 4.74 Å². The predicted octanol–water partition coefficient (Wildman–Crippen LogP) is 1.84. The van der Waals surface area contributed by atoms with E-state index in [0.717, 1.165) is 12.2 Å². The molecule has 0 atom stereocenters. The van der Waals surface area contributed by atoms with Crippen LogP contribution in [0.15, 0.2) is 11.5 Å². The van der Waals surface area contributed by atoms with E-state index in [1.54, 1.807) is 0 Å². The summed E-state index contributed by atoms with van der Waals surface area (Å²) in [6, 6.07) is 0. The van der Waals surface area contributed by atoms with Gasteiger partial charge in [0.15, 0.2) is 6.73 Å². The lowest BCUT2D eigenvalue weighted by atomic mass is 10.1. The molecular weight excluding hydrogens is 126 g/mol. The number of allylic oxidation sites excluding steroid dienone is 2. The van der Waals surface area contributed by atoms with Crippen LogP contribution in [0.5, 0.6) is 0 Å². The topological polar surface area (TPSA) is 21.3 Å². The van der Waals surface area contributed by atoms with Gasteiger partial charge in [-0.05, 0) is 6.42 Å². The van der Waals surface area contributed by atoms with Crippen molar-refractivity contribution >= 4 is 0 Å². The average Bonchev–Trinajstić information content (AvgIpc) is 2.33. The van der Waals surface area contributed by atoms with Crippen molar-refractivity contribution in [3.63, 3.8) is 0 Å². The van der Waals surface area contributed by atoms with Crippen LogP contribution in [-0.4, -0.2) is 6.73 Å². The summed E-state index contributed by atoms with van der Waals surface area (Å²) in [6.07, 6.45) is 1.05. The Balaban J connectivity index is 2.68. The molecule has 0 saturated carbocycles. The molecule has 0 fully saturated rings. The molecule has 2 nitrogen and oxygen atoms in total. The first-order valence-corrected chi connectivity index (χ1v) is 3.85. The van der Waals surface area contributed by atoms with Crippen molar-refractivity contribution in [2.75, 3.05) is 6.73 Å². The first kappa shape index (κ1) is 7.45. The van der Waals surface area contributed by atoms with E-state index in [4.69, 9.17) is 4.74 Å². The summed E-state index contributed by atoms with van der Waals surface area (Å²) in [5.41, 5.74) is 1.27. The molecular formula is C8H15NO. The zero-order valence-electron chi connectivity index (χ0n) is 6.90. The first-order valence-electron chi connectivity index (χ1n) is 3.85. The Hall–Kier alpha value is -0.660. The SMILES string of the molecule is CCC1=C(C(C)C)OCN1. The van der Waals surface area contributed by atoms with Crippen LogP contribution >= 0.6 is 0 Å². The zero-order valence-corrected chi connectivity index (χ0v) is 6.90.